The van der Waals surface area contributed by atoms with Crippen LogP contribution in [0.5, 0.6) is 5.75 Å². The Bertz CT molecular complexity index is 451. The highest BCUT2D eigenvalue weighted by molar-refractivity contribution is 6.35. The van der Waals surface area contributed by atoms with Gasteiger partial charge in [-0.25, -0.2) is 0 Å². The van der Waals surface area contributed by atoms with E-state index in [4.69, 9.17) is 27.9 Å². The lowest BCUT2D eigenvalue weighted by molar-refractivity contribution is -0.896. The lowest BCUT2D eigenvalue weighted by Gasteiger charge is -2.15. The van der Waals surface area contributed by atoms with Gasteiger partial charge in [0.1, 0.15) is 5.75 Å². The second-order valence-electron chi connectivity index (χ2n) is 4.77. The van der Waals surface area contributed by atoms with E-state index in [2.05, 4.69) is 19.2 Å². The molecule has 0 saturated carbocycles. The largest absolute Gasteiger partial charge is 0.482 e. The molecule has 2 N–H and O–H groups in total. The minimum absolute atomic E-state index is 0.0422. The molecular formula is C15H23Cl2N2O2+. The Hall–Kier alpha value is -0.970. The molecule has 0 heterocycles. The molecular weight excluding hydrogens is 311 g/mol. The van der Waals surface area contributed by atoms with Crippen molar-refractivity contribution >= 4 is 29.1 Å². The number of hydrogen-bond acceptors (Lipinski definition) is 2. The van der Waals surface area contributed by atoms with E-state index in [1.54, 1.807) is 18.2 Å². The topological polar surface area (TPSA) is 42.8 Å². The van der Waals surface area contributed by atoms with Crippen LogP contribution in [0.2, 0.25) is 10.0 Å². The minimum atomic E-state index is -0.143. The van der Waals surface area contributed by atoms with Gasteiger partial charge < -0.3 is 15.0 Å². The Morgan fingerprint density at radius 3 is 2.62 bits per heavy atom. The van der Waals surface area contributed by atoms with Crippen LogP contribution in [0.3, 0.4) is 0 Å². The SMILES string of the molecule is CC[NH+](CC)CCCNC(=O)COc1ccc(Cl)cc1Cl. The maximum Gasteiger partial charge on any atom is 0.257 e. The third kappa shape index (κ3) is 7.02. The zero-order chi connectivity index (χ0) is 15.7. The van der Waals surface area contributed by atoms with Crippen LogP contribution in [0.15, 0.2) is 18.2 Å². The van der Waals surface area contributed by atoms with E-state index in [0.717, 1.165) is 26.1 Å². The summed E-state index contributed by atoms with van der Waals surface area (Å²) in [6.07, 6.45) is 0.963. The van der Waals surface area contributed by atoms with Gasteiger partial charge in [-0.05, 0) is 32.0 Å². The molecule has 0 aliphatic rings. The number of rotatable bonds is 9. The molecule has 0 atom stereocenters. The number of ether oxygens (including phenoxy) is 1. The summed E-state index contributed by atoms with van der Waals surface area (Å²) in [7, 11) is 0. The summed E-state index contributed by atoms with van der Waals surface area (Å²) in [5, 5.41) is 3.78. The number of nitrogens with one attached hydrogen (secondary N) is 2. The predicted molar refractivity (Wildman–Crippen MR) is 86.5 cm³/mol. The van der Waals surface area contributed by atoms with Gasteiger partial charge in [-0.3, -0.25) is 4.79 Å². The molecule has 0 bridgehead atoms. The van der Waals surface area contributed by atoms with E-state index >= 15 is 0 Å². The summed E-state index contributed by atoms with van der Waals surface area (Å²) >= 11 is 11.8. The third-order valence-electron chi connectivity index (χ3n) is 3.28. The van der Waals surface area contributed by atoms with Gasteiger partial charge in [0, 0.05) is 18.0 Å². The van der Waals surface area contributed by atoms with Crippen molar-refractivity contribution in [3.8, 4) is 5.75 Å². The van der Waals surface area contributed by atoms with Crippen molar-refractivity contribution in [1.82, 2.24) is 5.32 Å². The summed E-state index contributed by atoms with van der Waals surface area (Å²) < 4.78 is 5.37. The third-order valence-corrected chi connectivity index (χ3v) is 3.81. The fourth-order valence-corrected chi connectivity index (χ4v) is 2.42. The van der Waals surface area contributed by atoms with Gasteiger partial charge in [0.2, 0.25) is 0 Å². The Labute approximate surface area is 136 Å². The monoisotopic (exact) mass is 333 g/mol. The highest BCUT2D eigenvalue weighted by Gasteiger charge is 2.07. The average molecular weight is 334 g/mol. The van der Waals surface area contributed by atoms with E-state index in [0.29, 0.717) is 22.3 Å². The van der Waals surface area contributed by atoms with Crippen molar-refractivity contribution in [1.29, 1.82) is 0 Å². The van der Waals surface area contributed by atoms with Crippen LogP contribution in [0.25, 0.3) is 0 Å². The number of amides is 1. The Balaban J connectivity index is 2.22. The molecule has 0 radical (unpaired) electrons. The maximum atomic E-state index is 11.7. The molecule has 0 unspecified atom stereocenters. The molecule has 21 heavy (non-hydrogen) atoms. The van der Waals surface area contributed by atoms with Gasteiger partial charge in [0.05, 0.1) is 24.7 Å². The molecule has 0 aliphatic carbocycles. The van der Waals surface area contributed by atoms with Crippen LogP contribution in [-0.2, 0) is 4.79 Å². The molecule has 0 aliphatic heterocycles. The van der Waals surface area contributed by atoms with E-state index < -0.39 is 0 Å². The van der Waals surface area contributed by atoms with Gasteiger partial charge in [0.15, 0.2) is 6.61 Å². The molecule has 4 nitrogen and oxygen atoms in total. The van der Waals surface area contributed by atoms with Crippen molar-refractivity contribution in [3.05, 3.63) is 28.2 Å². The second-order valence-corrected chi connectivity index (χ2v) is 5.62. The quantitative estimate of drug-likeness (QED) is 0.677. The van der Waals surface area contributed by atoms with Crippen LogP contribution < -0.4 is 15.0 Å². The highest BCUT2D eigenvalue weighted by Crippen LogP contribution is 2.27. The standard InChI is InChI=1S/C15H22Cl2N2O2/c1-3-19(4-2)9-5-8-18-15(20)11-21-14-7-6-12(16)10-13(14)17/h6-7,10H,3-5,8-9,11H2,1-2H3,(H,18,20)/p+1. The number of carbonyl (C=O) groups excluding carboxylic acids is 1. The lowest BCUT2D eigenvalue weighted by atomic mass is 10.3. The van der Waals surface area contributed by atoms with Crippen LogP contribution in [0.1, 0.15) is 20.3 Å². The lowest BCUT2D eigenvalue weighted by Crippen LogP contribution is -3.11. The fourth-order valence-electron chi connectivity index (χ4n) is 1.96. The number of carbonyl (C=O) groups is 1. The van der Waals surface area contributed by atoms with Crippen LogP contribution >= 0.6 is 23.2 Å². The number of quaternary nitrogens is 1. The van der Waals surface area contributed by atoms with Crippen molar-refractivity contribution in [3.63, 3.8) is 0 Å². The summed E-state index contributed by atoms with van der Waals surface area (Å²) in [6.45, 7) is 8.25. The zero-order valence-electron chi connectivity index (χ0n) is 12.5. The summed E-state index contributed by atoms with van der Waals surface area (Å²) in [4.78, 5) is 13.2. The van der Waals surface area contributed by atoms with E-state index in [1.807, 2.05) is 0 Å². The van der Waals surface area contributed by atoms with Crippen molar-refractivity contribution in [2.45, 2.75) is 20.3 Å². The van der Waals surface area contributed by atoms with Gasteiger partial charge >= 0.3 is 0 Å². The number of benzene rings is 1. The van der Waals surface area contributed by atoms with Crippen molar-refractivity contribution < 1.29 is 14.4 Å². The first-order valence-corrected chi connectivity index (χ1v) is 8.00. The van der Waals surface area contributed by atoms with Gasteiger partial charge in [-0.1, -0.05) is 23.2 Å². The molecule has 6 heteroatoms. The number of halogens is 2. The van der Waals surface area contributed by atoms with E-state index in [-0.39, 0.29) is 12.5 Å². The first-order valence-electron chi connectivity index (χ1n) is 7.24. The smallest absolute Gasteiger partial charge is 0.257 e. The first kappa shape index (κ1) is 18.1. The summed E-state index contributed by atoms with van der Waals surface area (Å²) in [6, 6.07) is 4.92. The number of hydrogen-bond donors (Lipinski definition) is 2. The van der Waals surface area contributed by atoms with Gasteiger partial charge in [-0.15, -0.1) is 0 Å². The molecule has 118 valence electrons. The van der Waals surface area contributed by atoms with Gasteiger partial charge in [0.25, 0.3) is 5.91 Å². The Morgan fingerprint density at radius 1 is 1.29 bits per heavy atom. The molecule has 0 spiro atoms. The normalized spacial score (nSPS) is 10.7. The molecule has 1 amide bonds. The molecule has 1 aromatic rings. The van der Waals surface area contributed by atoms with Crippen LogP contribution in [0, 0.1) is 0 Å². The zero-order valence-corrected chi connectivity index (χ0v) is 14.1. The molecule has 0 saturated heterocycles. The molecule has 0 fully saturated rings. The average Bonchev–Trinajstić information content (AvgIpc) is 2.46. The Kier molecular flexibility index (Phi) is 8.50. The van der Waals surface area contributed by atoms with Crippen molar-refractivity contribution in [2.24, 2.45) is 0 Å². The highest BCUT2D eigenvalue weighted by atomic mass is 35.5. The van der Waals surface area contributed by atoms with Gasteiger partial charge in [-0.2, -0.15) is 0 Å². The van der Waals surface area contributed by atoms with Crippen LogP contribution in [-0.4, -0.2) is 38.7 Å². The predicted octanol–water partition coefficient (Wildman–Crippen LogP) is 1.80. The maximum absolute atomic E-state index is 11.7. The van der Waals surface area contributed by atoms with Crippen LogP contribution in [0.4, 0.5) is 0 Å². The summed E-state index contributed by atoms with van der Waals surface area (Å²) in [5.74, 6) is 0.319. The first-order chi connectivity index (χ1) is 10.1. The Morgan fingerprint density at radius 2 is 2.00 bits per heavy atom. The van der Waals surface area contributed by atoms with E-state index in [1.165, 1.54) is 4.90 Å². The minimum Gasteiger partial charge on any atom is -0.482 e. The summed E-state index contributed by atoms with van der Waals surface area (Å²) in [5.41, 5.74) is 0. The molecule has 1 rings (SSSR count). The molecule has 0 aromatic heterocycles. The van der Waals surface area contributed by atoms with Crippen molar-refractivity contribution in [2.75, 3.05) is 32.8 Å². The molecule has 1 aromatic carbocycles. The van der Waals surface area contributed by atoms with E-state index in [9.17, 15) is 4.79 Å². The second kappa shape index (κ2) is 9.87. The fraction of sp³-hybridized carbons (Fsp3) is 0.533.